The molecule has 1 heterocycles. The molecule has 2 aromatic rings. The molecule has 1 aliphatic rings. The van der Waals surface area contributed by atoms with E-state index in [1.165, 1.54) is 18.4 Å². The summed E-state index contributed by atoms with van der Waals surface area (Å²) in [7, 11) is 0. The lowest BCUT2D eigenvalue weighted by molar-refractivity contribution is -0.111. The van der Waals surface area contributed by atoms with Gasteiger partial charge in [-0.1, -0.05) is 56.6 Å². The van der Waals surface area contributed by atoms with Crippen molar-refractivity contribution in [3.63, 3.8) is 0 Å². The van der Waals surface area contributed by atoms with Crippen molar-refractivity contribution < 1.29 is 4.79 Å². The van der Waals surface area contributed by atoms with Crippen LogP contribution >= 0.6 is 11.6 Å². The average Bonchev–Trinajstić information content (AvgIpc) is 2.68. The third kappa shape index (κ3) is 5.39. The third-order valence-corrected chi connectivity index (χ3v) is 5.67. The number of carbonyl (C=O) groups excluding carboxylic acids is 1. The van der Waals surface area contributed by atoms with Gasteiger partial charge in [-0.15, -0.1) is 0 Å². The smallest absolute Gasteiger partial charge is 0.248 e. The summed E-state index contributed by atoms with van der Waals surface area (Å²) in [5.41, 5.74) is 4.06. The summed E-state index contributed by atoms with van der Waals surface area (Å²) in [5, 5.41) is 3.57. The van der Waals surface area contributed by atoms with Crippen LogP contribution in [0, 0.1) is 5.92 Å². The quantitative estimate of drug-likeness (QED) is 0.597. The Kier molecular flexibility index (Phi) is 6.79. The van der Waals surface area contributed by atoms with Crippen LogP contribution in [0.2, 0.25) is 5.02 Å². The molecule has 0 aliphatic carbocycles. The Labute approximate surface area is 173 Å². The maximum absolute atomic E-state index is 12.2. The summed E-state index contributed by atoms with van der Waals surface area (Å²) < 4.78 is 0. The van der Waals surface area contributed by atoms with E-state index in [9.17, 15) is 4.79 Å². The van der Waals surface area contributed by atoms with E-state index in [0.717, 1.165) is 30.3 Å². The van der Waals surface area contributed by atoms with Crippen molar-refractivity contribution in [1.29, 1.82) is 0 Å². The Morgan fingerprint density at radius 3 is 2.43 bits per heavy atom. The molecular weight excluding hydrogens is 368 g/mol. The van der Waals surface area contributed by atoms with E-state index in [2.05, 4.69) is 43.1 Å². The van der Waals surface area contributed by atoms with Crippen LogP contribution in [0.4, 0.5) is 11.4 Å². The number of hydrogen-bond acceptors (Lipinski definition) is 2. The Hall–Kier alpha value is -2.26. The monoisotopic (exact) mass is 396 g/mol. The lowest BCUT2D eigenvalue weighted by atomic mass is 9.99. The van der Waals surface area contributed by atoms with Gasteiger partial charge in [-0.05, 0) is 60.1 Å². The molecular formula is C24H29ClN2O. The van der Waals surface area contributed by atoms with E-state index in [4.69, 9.17) is 11.6 Å². The normalized spacial score (nSPS) is 15.4. The molecule has 148 valence electrons. The SMILES string of the molecule is CC1CCN(c2ccc(NC(=O)/C=C/c3ccc(C(C)C)cc3)cc2Cl)CC1. The van der Waals surface area contributed by atoms with Gasteiger partial charge in [0.15, 0.2) is 0 Å². The second kappa shape index (κ2) is 9.29. The van der Waals surface area contributed by atoms with E-state index in [1.807, 2.05) is 36.4 Å². The fraction of sp³-hybridized carbons (Fsp3) is 0.375. The van der Waals surface area contributed by atoms with E-state index < -0.39 is 0 Å². The maximum Gasteiger partial charge on any atom is 0.248 e. The molecule has 4 heteroatoms. The van der Waals surface area contributed by atoms with Gasteiger partial charge in [0.2, 0.25) is 5.91 Å². The minimum Gasteiger partial charge on any atom is -0.370 e. The van der Waals surface area contributed by atoms with Crippen molar-refractivity contribution in [1.82, 2.24) is 0 Å². The van der Waals surface area contributed by atoms with Gasteiger partial charge in [-0.2, -0.15) is 0 Å². The number of hydrogen-bond donors (Lipinski definition) is 1. The molecule has 0 unspecified atom stereocenters. The first-order valence-corrected chi connectivity index (χ1v) is 10.4. The molecule has 1 amide bonds. The van der Waals surface area contributed by atoms with Gasteiger partial charge in [-0.3, -0.25) is 4.79 Å². The van der Waals surface area contributed by atoms with Crippen molar-refractivity contribution in [2.24, 2.45) is 5.92 Å². The number of anilines is 2. The number of halogens is 1. The number of amides is 1. The van der Waals surface area contributed by atoms with Crippen molar-refractivity contribution in [3.05, 3.63) is 64.7 Å². The van der Waals surface area contributed by atoms with Gasteiger partial charge in [0.1, 0.15) is 0 Å². The fourth-order valence-electron chi connectivity index (χ4n) is 3.44. The van der Waals surface area contributed by atoms with E-state index in [-0.39, 0.29) is 5.91 Å². The average molecular weight is 397 g/mol. The molecule has 1 aliphatic heterocycles. The van der Waals surface area contributed by atoms with Crippen molar-refractivity contribution in [3.8, 4) is 0 Å². The summed E-state index contributed by atoms with van der Waals surface area (Å²) in [6, 6.07) is 14.0. The van der Waals surface area contributed by atoms with Crippen LogP contribution in [0.1, 0.15) is 50.7 Å². The van der Waals surface area contributed by atoms with Crippen LogP contribution in [0.3, 0.4) is 0 Å². The molecule has 3 rings (SSSR count). The van der Waals surface area contributed by atoms with E-state index >= 15 is 0 Å². The Morgan fingerprint density at radius 2 is 1.82 bits per heavy atom. The summed E-state index contributed by atoms with van der Waals surface area (Å²) >= 11 is 6.48. The topological polar surface area (TPSA) is 32.3 Å². The van der Waals surface area contributed by atoms with Gasteiger partial charge < -0.3 is 10.2 Å². The summed E-state index contributed by atoms with van der Waals surface area (Å²) in [6.45, 7) is 8.70. The van der Waals surface area contributed by atoms with E-state index in [0.29, 0.717) is 16.6 Å². The number of carbonyl (C=O) groups is 1. The standard InChI is InChI=1S/C24H29ClN2O/c1-17(2)20-7-4-19(5-8-20)6-11-24(28)26-21-9-10-23(22(25)16-21)27-14-12-18(3)13-15-27/h4-11,16-18H,12-15H2,1-3H3,(H,26,28)/b11-6+. The maximum atomic E-state index is 12.2. The molecule has 28 heavy (non-hydrogen) atoms. The van der Waals surface area contributed by atoms with Gasteiger partial charge in [0.05, 0.1) is 10.7 Å². The molecule has 0 aromatic heterocycles. The number of rotatable bonds is 5. The number of benzene rings is 2. The highest BCUT2D eigenvalue weighted by Crippen LogP contribution is 2.31. The molecule has 3 nitrogen and oxygen atoms in total. The molecule has 1 saturated heterocycles. The fourth-order valence-corrected chi connectivity index (χ4v) is 3.74. The zero-order valence-corrected chi connectivity index (χ0v) is 17.7. The Balaban J connectivity index is 1.60. The summed E-state index contributed by atoms with van der Waals surface area (Å²) in [4.78, 5) is 14.6. The second-order valence-electron chi connectivity index (χ2n) is 7.98. The molecule has 0 bridgehead atoms. The molecule has 0 saturated carbocycles. The lowest BCUT2D eigenvalue weighted by Gasteiger charge is -2.32. The van der Waals surface area contributed by atoms with Crippen LogP contribution in [-0.4, -0.2) is 19.0 Å². The number of piperidine rings is 1. The van der Waals surface area contributed by atoms with Crippen molar-refractivity contribution in [2.75, 3.05) is 23.3 Å². The molecule has 2 aromatic carbocycles. The Bertz CT molecular complexity index is 834. The molecule has 0 atom stereocenters. The predicted octanol–water partition coefficient (Wildman–Crippen LogP) is 6.35. The predicted molar refractivity (Wildman–Crippen MR) is 120 cm³/mol. The van der Waals surface area contributed by atoms with Crippen LogP contribution in [0.15, 0.2) is 48.5 Å². The highest BCUT2D eigenvalue weighted by molar-refractivity contribution is 6.33. The summed E-state index contributed by atoms with van der Waals surface area (Å²) in [5.74, 6) is 1.12. The highest BCUT2D eigenvalue weighted by Gasteiger charge is 2.18. The number of nitrogens with one attached hydrogen (secondary N) is 1. The zero-order chi connectivity index (χ0) is 20.1. The highest BCUT2D eigenvalue weighted by atomic mass is 35.5. The Morgan fingerprint density at radius 1 is 1.14 bits per heavy atom. The largest absolute Gasteiger partial charge is 0.370 e. The first-order chi connectivity index (χ1) is 13.4. The van der Waals surface area contributed by atoms with Gasteiger partial charge >= 0.3 is 0 Å². The van der Waals surface area contributed by atoms with Crippen LogP contribution < -0.4 is 10.2 Å². The molecule has 1 N–H and O–H groups in total. The van der Waals surface area contributed by atoms with Gasteiger partial charge in [-0.25, -0.2) is 0 Å². The number of nitrogens with zero attached hydrogens (tertiary/aromatic N) is 1. The minimum absolute atomic E-state index is 0.163. The molecule has 0 radical (unpaired) electrons. The first kappa shape index (κ1) is 20.5. The van der Waals surface area contributed by atoms with Gasteiger partial charge in [0.25, 0.3) is 0 Å². The minimum atomic E-state index is -0.163. The molecule has 1 fully saturated rings. The second-order valence-corrected chi connectivity index (χ2v) is 8.39. The van der Waals surface area contributed by atoms with Crippen LogP contribution in [-0.2, 0) is 4.79 Å². The van der Waals surface area contributed by atoms with E-state index in [1.54, 1.807) is 6.08 Å². The van der Waals surface area contributed by atoms with Crippen molar-refractivity contribution in [2.45, 2.75) is 39.5 Å². The molecule has 0 spiro atoms. The van der Waals surface area contributed by atoms with Crippen LogP contribution in [0.5, 0.6) is 0 Å². The van der Waals surface area contributed by atoms with Crippen molar-refractivity contribution >= 4 is 35.0 Å². The summed E-state index contributed by atoms with van der Waals surface area (Å²) in [6.07, 6.45) is 5.76. The van der Waals surface area contributed by atoms with Crippen LogP contribution in [0.25, 0.3) is 6.08 Å². The lowest BCUT2D eigenvalue weighted by Crippen LogP contribution is -2.32. The zero-order valence-electron chi connectivity index (χ0n) is 16.9. The first-order valence-electron chi connectivity index (χ1n) is 10.1. The van der Waals surface area contributed by atoms with Gasteiger partial charge in [0, 0.05) is 24.9 Å². The third-order valence-electron chi connectivity index (χ3n) is 5.37.